The molecule has 7 nitrogen and oxygen atoms in total. The van der Waals surface area contributed by atoms with Crippen LogP contribution in [-0.4, -0.2) is 35.7 Å². The molecule has 0 aliphatic heterocycles. The zero-order valence-electron chi connectivity index (χ0n) is 19.4. The van der Waals surface area contributed by atoms with Crippen LogP contribution in [0.4, 0.5) is 0 Å². The molecular formula is C29H22O7. The lowest BCUT2D eigenvalue weighted by molar-refractivity contribution is 0.350. The van der Waals surface area contributed by atoms with Crippen molar-refractivity contribution in [3.05, 3.63) is 64.7 Å². The lowest BCUT2D eigenvalue weighted by Crippen LogP contribution is -1.94. The normalized spacial score (nSPS) is 12.3. The Morgan fingerprint density at radius 2 is 1.03 bits per heavy atom. The van der Waals surface area contributed by atoms with Crippen LogP contribution in [0, 0.1) is 13.8 Å². The molecule has 5 aromatic rings. The van der Waals surface area contributed by atoms with Gasteiger partial charge in [-0.25, -0.2) is 0 Å². The van der Waals surface area contributed by atoms with Crippen LogP contribution in [0.25, 0.3) is 43.8 Å². The Bertz CT molecular complexity index is 1720. The van der Waals surface area contributed by atoms with E-state index in [4.69, 9.17) is 0 Å². The predicted molar refractivity (Wildman–Crippen MR) is 136 cm³/mol. The van der Waals surface area contributed by atoms with E-state index in [0.29, 0.717) is 16.7 Å². The second kappa shape index (κ2) is 7.11. The highest BCUT2D eigenvalue weighted by Gasteiger charge is 2.31. The van der Waals surface area contributed by atoms with Crippen molar-refractivity contribution < 1.29 is 35.7 Å². The van der Waals surface area contributed by atoms with Crippen LogP contribution in [0.2, 0.25) is 0 Å². The summed E-state index contributed by atoms with van der Waals surface area (Å²) < 4.78 is 0. The van der Waals surface area contributed by atoms with Crippen LogP contribution in [-0.2, 0) is 6.42 Å². The van der Waals surface area contributed by atoms with Gasteiger partial charge in [0, 0.05) is 16.3 Å². The molecule has 0 unspecified atom stereocenters. The number of hydrogen-bond donors (Lipinski definition) is 7. The second-order valence-corrected chi connectivity index (χ2v) is 9.27. The zero-order valence-corrected chi connectivity index (χ0v) is 19.4. The highest BCUT2D eigenvalue weighted by Crippen LogP contribution is 2.59. The molecule has 0 radical (unpaired) electrons. The first kappa shape index (κ1) is 21.7. The molecule has 1 aliphatic carbocycles. The van der Waals surface area contributed by atoms with Crippen molar-refractivity contribution in [2.75, 3.05) is 0 Å². The van der Waals surface area contributed by atoms with E-state index in [-0.39, 0.29) is 38.6 Å². The molecule has 0 saturated carbocycles. The predicted octanol–water partition coefficient (Wildman–Crippen LogP) is 5.79. The van der Waals surface area contributed by atoms with Crippen LogP contribution in [0.15, 0.2) is 42.5 Å². The van der Waals surface area contributed by atoms with Gasteiger partial charge in [-0.1, -0.05) is 36.4 Å². The van der Waals surface area contributed by atoms with Crippen molar-refractivity contribution in [2.45, 2.75) is 20.3 Å². The van der Waals surface area contributed by atoms with Crippen LogP contribution in [0.1, 0.15) is 22.3 Å². The molecule has 0 atom stereocenters. The molecule has 0 fully saturated rings. The van der Waals surface area contributed by atoms with Gasteiger partial charge in [-0.05, 0) is 65.3 Å². The minimum atomic E-state index is -1.02. The van der Waals surface area contributed by atoms with Crippen molar-refractivity contribution in [3.8, 4) is 62.5 Å². The summed E-state index contributed by atoms with van der Waals surface area (Å²) in [7, 11) is 0. The van der Waals surface area contributed by atoms with Gasteiger partial charge in [0.2, 0.25) is 11.5 Å². The van der Waals surface area contributed by atoms with Gasteiger partial charge in [0.15, 0.2) is 11.5 Å². The van der Waals surface area contributed by atoms with Crippen molar-refractivity contribution in [1.82, 2.24) is 0 Å². The maximum absolute atomic E-state index is 11.2. The van der Waals surface area contributed by atoms with Crippen molar-refractivity contribution in [3.63, 3.8) is 0 Å². The maximum Gasteiger partial charge on any atom is 0.205 e. The van der Waals surface area contributed by atoms with Crippen LogP contribution < -0.4 is 0 Å². The van der Waals surface area contributed by atoms with Gasteiger partial charge >= 0.3 is 0 Å². The Balaban J connectivity index is 1.88. The fourth-order valence-corrected chi connectivity index (χ4v) is 5.43. The molecule has 36 heavy (non-hydrogen) atoms. The average molecular weight is 482 g/mol. The lowest BCUT2D eigenvalue weighted by atomic mass is 9.86. The highest BCUT2D eigenvalue weighted by molar-refractivity contribution is 6.24. The van der Waals surface area contributed by atoms with E-state index in [9.17, 15) is 35.7 Å². The molecule has 0 heterocycles. The molecule has 5 aromatic carbocycles. The number of aromatic hydroxyl groups is 7. The molecule has 180 valence electrons. The smallest absolute Gasteiger partial charge is 0.205 e. The topological polar surface area (TPSA) is 142 Å². The fraction of sp³-hybridized carbons (Fsp3) is 0.103. The standard InChI is InChI=1S/C29H22O7/c1-11-12(2)24(31)21-19(23(11)30)18(20-22(25(21)32)27(34)29(36)28(35)26(20)33)15-8-7-14-9-13-5-3-4-6-16(13)17(14)10-15/h3-8,10,30-36H,9H2,1-2H3. The molecule has 0 bridgehead atoms. The van der Waals surface area contributed by atoms with Gasteiger partial charge in [0.25, 0.3) is 0 Å². The zero-order chi connectivity index (χ0) is 25.6. The summed E-state index contributed by atoms with van der Waals surface area (Å²) in [5.74, 6) is -4.86. The summed E-state index contributed by atoms with van der Waals surface area (Å²) in [6.07, 6.45) is 0.744. The third-order valence-electron chi connectivity index (χ3n) is 7.45. The van der Waals surface area contributed by atoms with E-state index >= 15 is 0 Å². The summed E-state index contributed by atoms with van der Waals surface area (Å²) in [4.78, 5) is 0. The van der Waals surface area contributed by atoms with Gasteiger partial charge in [-0.2, -0.15) is 0 Å². The lowest BCUT2D eigenvalue weighted by Gasteiger charge is -2.21. The fourth-order valence-electron chi connectivity index (χ4n) is 5.43. The number of benzene rings is 5. The largest absolute Gasteiger partial charge is 0.507 e. The number of phenols is 7. The minimum absolute atomic E-state index is 0.0339. The third-order valence-corrected chi connectivity index (χ3v) is 7.45. The van der Waals surface area contributed by atoms with Crippen LogP contribution in [0.5, 0.6) is 40.2 Å². The Labute approximate surface area is 205 Å². The Hall–Kier alpha value is -4.78. The van der Waals surface area contributed by atoms with Gasteiger partial charge in [-0.15, -0.1) is 0 Å². The van der Waals surface area contributed by atoms with Gasteiger partial charge < -0.3 is 35.7 Å². The van der Waals surface area contributed by atoms with Crippen molar-refractivity contribution in [1.29, 1.82) is 0 Å². The van der Waals surface area contributed by atoms with Crippen LogP contribution in [0.3, 0.4) is 0 Å². The Morgan fingerprint density at radius 3 is 1.72 bits per heavy atom. The molecule has 0 saturated heterocycles. The molecule has 1 aliphatic rings. The average Bonchev–Trinajstić information content (AvgIpc) is 3.25. The third kappa shape index (κ3) is 2.57. The van der Waals surface area contributed by atoms with E-state index in [1.165, 1.54) is 0 Å². The summed E-state index contributed by atoms with van der Waals surface area (Å²) in [6, 6.07) is 13.5. The number of hydrogen-bond acceptors (Lipinski definition) is 7. The van der Waals surface area contributed by atoms with Gasteiger partial charge in [0.05, 0.1) is 10.8 Å². The van der Waals surface area contributed by atoms with E-state index in [2.05, 4.69) is 0 Å². The first-order valence-corrected chi connectivity index (χ1v) is 11.3. The monoisotopic (exact) mass is 482 g/mol. The molecule has 0 amide bonds. The first-order chi connectivity index (χ1) is 17.1. The summed E-state index contributed by atoms with van der Waals surface area (Å²) in [5.41, 5.74) is 5.56. The van der Waals surface area contributed by atoms with Gasteiger partial charge in [-0.3, -0.25) is 0 Å². The molecular weight excluding hydrogens is 460 g/mol. The van der Waals surface area contributed by atoms with Crippen LogP contribution >= 0.6 is 0 Å². The highest BCUT2D eigenvalue weighted by atomic mass is 16.3. The SMILES string of the molecule is Cc1c(C)c(O)c2c(-c3ccc4c(c3)-c3ccccc3C4)c3c(O)c(O)c(O)c(O)c3c(O)c2c1O. The molecule has 7 N–H and O–H groups in total. The quantitative estimate of drug-likeness (QED) is 0.0894. The van der Waals surface area contributed by atoms with E-state index in [1.807, 2.05) is 36.4 Å². The Kier molecular flexibility index (Phi) is 4.30. The van der Waals surface area contributed by atoms with Gasteiger partial charge in [0.1, 0.15) is 17.2 Å². The van der Waals surface area contributed by atoms with Crippen molar-refractivity contribution in [2.24, 2.45) is 0 Å². The van der Waals surface area contributed by atoms with E-state index in [1.54, 1.807) is 19.9 Å². The Morgan fingerprint density at radius 1 is 0.500 bits per heavy atom. The molecule has 0 spiro atoms. The summed E-state index contributed by atoms with van der Waals surface area (Å²) >= 11 is 0. The first-order valence-electron chi connectivity index (χ1n) is 11.3. The molecule has 6 rings (SSSR count). The summed E-state index contributed by atoms with van der Waals surface area (Å²) in [5, 5.41) is 75.0. The molecule has 0 aromatic heterocycles. The molecule has 7 heteroatoms. The van der Waals surface area contributed by atoms with E-state index < -0.39 is 28.7 Å². The number of rotatable bonds is 1. The second-order valence-electron chi connectivity index (χ2n) is 9.27. The number of phenolic OH excluding ortho intramolecular Hbond substituents is 7. The van der Waals surface area contributed by atoms with E-state index in [0.717, 1.165) is 28.7 Å². The maximum atomic E-state index is 11.2. The summed E-state index contributed by atoms with van der Waals surface area (Å²) in [6.45, 7) is 3.19. The number of fused-ring (bicyclic) bond motifs is 5. The van der Waals surface area contributed by atoms with Crippen molar-refractivity contribution >= 4 is 21.5 Å². The minimum Gasteiger partial charge on any atom is -0.507 e.